The van der Waals surface area contributed by atoms with Crippen molar-refractivity contribution in [3.63, 3.8) is 0 Å². The van der Waals surface area contributed by atoms with Crippen molar-refractivity contribution >= 4 is 16.1 Å². The fourth-order valence-electron chi connectivity index (χ4n) is 4.36. The van der Waals surface area contributed by atoms with Crippen molar-refractivity contribution in [2.24, 2.45) is 5.92 Å². The molecular weight excluding hydrogens is 512 g/mol. The van der Waals surface area contributed by atoms with Crippen LogP contribution in [0, 0.1) is 5.92 Å². The monoisotopic (exact) mass is 548 g/mol. The van der Waals surface area contributed by atoms with Gasteiger partial charge in [0.15, 0.2) is 11.5 Å². The number of ether oxygens (including phenoxy) is 4. The zero-order valence-corrected chi connectivity index (χ0v) is 22.6. The summed E-state index contributed by atoms with van der Waals surface area (Å²) < 4.78 is 50.2. The zero-order valence-electron chi connectivity index (χ0n) is 21.7. The fourth-order valence-corrected chi connectivity index (χ4v) is 5.96. The third kappa shape index (κ3) is 7.16. The van der Waals surface area contributed by atoms with Crippen molar-refractivity contribution in [2.45, 2.75) is 56.3 Å². The van der Waals surface area contributed by atoms with Crippen LogP contribution in [-0.4, -0.2) is 75.3 Å². The molecule has 0 aromatic heterocycles. The van der Waals surface area contributed by atoms with Gasteiger partial charge in [-0.1, -0.05) is 50.6 Å². The van der Waals surface area contributed by atoms with Crippen LogP contribution in [0.1, 0.15) is 32.3 Å². The maximum absolute atomic E-state index is 13.7. The summed E-state index contributed by atoms with van der Waals surface area (Å²) in [4.78, 5) is 12.7. The number of nitrogens with one attached hydrogen (secondary N) is 1. The van der Waals surface area contributed by atoms with E-state index >= 15 is 0 Å². The molecule has 2 aliphatic heterocycles. The Kier molecular flexibility index (Phi) is 9.48. The lowest BCUT2D eigenvalue weighted by molar-refractivity contribution is 0.0642. The van der Waals surface area contributed by atoms with E-state index in [-0.39, 0.29) is 36.8 Å². The highest BCUT2D eigenvalue weighted by Crippen LogP contribution is 2.35. The third-order valence-corrected chi connectivity index (χ3v) is 8.64. The van der Waals surface area contributed by atoms with Gasteiger partial charge in [0.05, 0.1) is 30.3 Å². The number of hydrogen-bond donors (Lipinski definition) is 2. The van der Waals surface area contributed by atoms with Gasteiger partial charge >= 0.3 is 6.09 Å². The first kappa shape index (κ1) is 28.2. The van der Waals surface area contributed by atoms with Gasteiger partial charge in [-0.2, -0.15) is 4.31 Å². The number of carbonyl (C=O) groups excluding carboxylic acids is 1. The summed E-state index contributed by atoms with van der Waals surface area (Å²) in [5.41, 5.74) is 0.883. The number of rotatable bonds is 12. The molecule has 4 rings (SSSR count). The van der Waals surface area contributed by atoms with Gasteiger partial charge in [-0.3, -0.25) is 0 Å². The van der Waals surface area contributed by atoms with Crippen LogP contribution in [0.3, 0.4) is 0 Å². The van der Waals surface area contributed by atoms with Gasteiger partial charge in [-0.25, -0.2) is 13.2 Å². The van der Waals surface area contributed by atoms with Crippen molar-refractivity contribution in [1.29, 1.82) is 0 Å². The van der Waals surface area contributed by atoms with E-state index in [1.54, 1.807) is 6.07 Å². The van der Waals surface area contributed by atoms with Crippen LogP contribution < -0.4 is 14.8 Å². The van der Waals surface area contributed by atoms with Crippen LogP contribution in [-0.2, 0) is 25.9 Å². The van der Waals surface area contributed by atoms with Crippen molar-refractivity contribution in [1.82, 2.24) is 9.62 Å². The van der Waals surface area contributed by atoms with Crippen molar-refractivity contribution in [3.8, 4) is 11.5 Å². The molecule has 2 aliphatic rings. The zero-order chi connectivity index (χ0) is 27.1. The number of amides is 1. The molecule has 10 nitrogen and oxygen atoms in total. The fraction of sp³-hybridized carbons (Fsp3) is 0.519. The molecule has 0 radical (unpaired) electrons. The van der Waals surface area contributed by atoms with Gasteiger partial charge in [-0.05, 0) is 30.0 Å². The Morgan fingerprint density at radius 1 is 1.16 bits per heavy atom. The molecule has 208 valence electrons. The Bertz CT molecular complexity index is 1170. The highest BCUT2D eigenvalue weighted by molar-refractivity contribution is 7.89. The van der Waals surface area contributed by atoms with E-state index in [1.807, 2.05) is 44.2 Å². The summed E-state index contributed by atoms with van der Waals surface area (Å²) in [6, 6.07) is 13.1. The average molecular weight is 549 g/mol. The second kappa shape index (κ2) is 12.8. The topological polar surface area (TPSA) is 124 Å². The summed E-state index contributed by atoms with van der Waals surface area (Å²) in [5, 5.41) is 14.1. The minimum absolute atomic E-state index is 0.0318. The van der Waals surface area contributed by atoms with Gasteiger partial charge in [0.2, 0.25) is 16.8 Å². The average Bonchev–Trinajstić information content (AvgIpc) is 3.60. The molecule has 0 bridgehead atoms. The molecule has 2 aromatic carbocycles. The van der Waals surface area contributed by atoms with E-state index < -0.39 is 28.3 Å². The standard InChI is InChI=1S/C27H36N2O8S/c1-3-19(2)15-29(38(32,33)22-9-10-25-26(14-22)36-18-35-25)16-24(30)23(13-20-7-5-4-6-8-20)28-27(31)37-21-11-12-34-17-21/h4-10,14,19,21,23-24,30H,3,11-13,15-18H2,1-2H3,(H,28,31)/t19-,21-,23-,24+/m0/s1. The van der Waals surface area contributed by atoms with Crippen molar-refractivity contribution < 1.29 is 37.3 Å². The second-order valence-electron chi connectivity index (χ2n) is 9.75. The number of aliphatic hydroxyl groups is 1. The van der Waals surface area contributed by atoms with Gasteiger partial charge in [0.1, 0.15) is 6.10 Å². The first-order valence-electron chi connectivity index (χ1n) is 12.9. The molecule has 1 amide bonds. The maximum atomic E-state index is 13.7. The van der Waals surface area contributed by atoms with Gasteiger partial charge in [0.25, 0.3) is 0 Å². The van der Waals surface area contributed by atoms with Crippen LogP contribution in [0.25, 0.3) is 0 Å². The van der Waals surface area contributed by atoms with Gasteiger partial charge in [0, 0.05) is 25.6 Å². The van der Waals surface area contributed by atoms with Crippen LogP contribution in [0.5, 0.6) is 11.5 Å². The van der Waals surface area contributed by atoms with E-state index in [4.69, 9.17) is 18.9 Å². The molecule has 2 N–H and O–H groups in total. The highest BCUT2D eigenvalue weighted by Gasteiger charge is 2.33. The van der Waals surface area contributed by atoms with Crippen LogP contribution in [0.4, 0.5) is 4.79 Å². The summed E-state index contributed by atoms with van der Waals surface area (Å²) in [7, 11) is -4.00. The van der Waals surface area contributed by atoms with Crippen molar-refractivity contribution in [2.75, 3.05) is 33.1 Å². The molecule has 0 unspecified atom stereocenters. The molecule has 4 atom stereocenters. The minimum atomic E-state index is -4.00. The van der Waals surface area contributed by atoms with E-state index in [2.05, 4.69) is 5.32 Å². The molecule has 2 aromatic rings. The lowest BCUT2D eigenvalue weighted by Gasteiger charge is -2.31. The molecule has 1 saturated heterocycles. The van der Waals surface area contributed by atoms with Crippen LogP contribution in [0.2, 0.25) is 0 Å². The normalized spacial score (nSPS) is 19.2. The molecule has 0 aliphatic carbocycles. The molecule has 11 heteroatoms. The number of hydrogen-bond acceptors (Lipinski definition) is 8. The molecule has 0 spiro atoms. The molecule has 0 saturated carbocycles. The van der Waals surface area contributed by atoms with Crippen LogP contribution in [0.15, 0.2) is 53.4 Å². The van der Waals surface area contributed by atoms with Crippen molar-refractivity contribution in [3.05, 3.63) is 54.1 Å². The predicted octanol–water partition coefficient (Wildman–Crippen LogP) is 2.94. The van der Waals surface area contributed by atoms with Crippen LogP contribution >= 0.6 is 0 Å². The number of sulfonamides is 1. The lowest BCUT2D eigenvalue weighted by atomic mass is 10.0. The van der Waals surface area contributed by atoms with E-state index in [0.717, 1.165) is 12.0 Å². The number of nitrogens with zero attached hydrogens (tertiary/aromatic N) is 1. The second-order valence-corrected chi connectivity index (χ2v) is 11.7. The number of benzene rings is 2. The molecule has 2 heterocycles. The maximum Gasteiger partial charge on any atom is 0.407 e. The number of carbonyl (C=O) groups is 1. The highest BCUT2D eigenvalue weighted by atomic mass is 32.2. The van der Waals surface area contributed by atoms with Gasteiger partial charge < -0.3 is 29.4 Å². The number of alkyl carbamates (subject to hydrolysis) is 1. The molecular formula is C27H36N2O8S. The Hall–Kier alpha value is -2.86. The largest absolute Gasteiger partial charge is 0.454 e. The quantitative estimate of drug-likeness (QED) is 0.415. The lowest BCUT2D eigenvalue weighted by Crippen LogP contribution is -2.51. The first-order valence-corrected chi connectivity index (χ1v) is 14.4. The van der Waals surface area contributed by atoms with E-state index in [9.17, 15) is 18.3 Å². The third-order valence-electron chi connectivity index (χ3n) is 6.81. The predicted molar refractivity (Wildman–Crippen MR) is 140 cm³/mol. The summed E-state index contributed by atoms with van der Waals surface area (Å²) in [5.74, 6) is 0.881. The Labute approximate surface area is 223 Å². The smallest absolute Gasteiger partial charge is 0.407 e. The number of fused-ring (bicyclic) bond motifs is 1. The Morgan fingerprint density at radius 3 is 2.63 bits per heavy atom. The Morgan fingerprint density at radius 2 is 1.92 bits per heavy atom. The van der Waals surface area contributed by atoms with E-state index in [0.29, 0.717) is 37.6 Å². The SMILES string of the molecule is CC[C@H](C)CN(C[C@@H](O)[C@H](Cc1ccccc1)NC(=O)O[C@H]1CCOC1)S(=O)(=O)c1ccc2c(c1)OCO2. The molecule has 1 fully saturated rings. The summed E-state index contributed by atoms with van der Waals surface area (Å²) >= 11 is 0. The van der Waals surface area contributed by atoms with E-state index in [1.165, 1.54) is 16.4 Å². The summed E-state index contributed by atoms with van der Waals surface area (Å²) in [6.07, 6.45) is -0.583. The molecule has 38 heavy (non-hydrogen) atoms. The summed E-state index contributed by atoms with van der Waals surface area (Å²) in [6.45, 7) is 4.80. The Balaban J connectivity index is 1.55. The number of aliphatic hydroxyl groups excluding tert-OH is 1. The minimum Gasteiger partial charge on any atom is -0.454 e. The first-order chi connectivity index (χ1) is 18.3. The van der Waals surface area contributed by atoms with Gasteiger partial charge in [-0.15, -0.1) is 0 Å².